The van der Waals surface area contributed by atoms with Crippen LogP contribution in [0, 0.1) is 5.82 Å². The number of benzene rings is 3. The van der Waals surface area contributed by atoms with Gasteiger partial charge in [-0.15, -0.1) is 0 Å². The number of halogens is 1. The molecule has 0 heterocycles. The van der Waals surface area contributed by atoms with Gasteiger partial charge in [0, 0.05) is 9.79 Å². The molecule has 0 atom stereocenters. The summed E-state index contributed by atoms with van der Waals surface area (Å²) in [7, 11) is 0. The Bertz CT molecular complexity index is 946. The fourth-order valence-corrected chi connectivity index (χ4v) is 3.35. The van der Waals surface area contributed by atoms with Crippen molar-refractivity contribution in [1.82, 2.24) is 0 Å². The van der Waals surface area contributed by atoms with Crippen molar-refractivity contribution in [1.29, 1.82) is 0 Å². The maximum Gasteiger partial charge on any atom is 0.310 e. The Kier molecular flexibility index (Phi) is 6.81. The second-order valence-corrected chi connectivity index (χ2v) is 7.04. The van der Waals surface area contributed by atoms with E-state index in [0.717, 1.165) is 9.79 Å². The number of para-hydroxylation sites is 1. The van der Waals surface area contributed by atoms with Crippen LogP contribution >= 0.6 is 11.8 Å². The lowest BCUT2D eigenvalue weighted by molar-refractivity contribution is -0.146. The highest BCUT2D eigenvalue weighted by atomic mass is 32.2. The largest absolute Gasteiger partial charge is 0.455 e. The quantitative estimate of drug-likeness (QED) is 0.589. The maximum atomic E-state index is 12.9. The van der Waals surface area contributed by atoms with Gasteiger partial charge >= 0.3 is 5.97 Å². The third kappa shape index (κ3) is 5.96. The molecule has 1 amide bonds. The zero-order valence-electron chi connectivity index (χ0n) is 14.9. The Hall–Kier alpha value is -3.12. The van der Waals surface area contributed by atoms with Crippen LogP contribution in [0.25, 0.3) is 0 Å². The van der Waals surface area contributed by atoms with Crippen molar-refractivity contribution in [2.75, 3.05) is 11.9 Å². The molecule has 0 spiro atoms. The van der Waals surface area contributed by atoms with Gasteiger partial charge in [-0.05, 0) is 42.0 Å². The van der Waals surface area contributed by atoms with E-state index in [0.29, 0.717) is 11.3 Å². The van der Waals surface area contributed by atoms with Crippen molar-refractivity contribution in [3.63, 3.8) is 0 Å². The summed E-state index contributed by atoms with van der Waals surface area (Å²) in [6.45, 7) is -0.385. The molecule has 0 unspecified atom stereocenters. The Labute approximate surface area is 166 Å². The van der Waals surface area contributed by atoms with E-state index in [1.807, 2.05) is 48.5 Å². The number of hydrogen-bond donors (Lipinski definition) is 1. The lowest BCUT2D eigenvalue weighted by Crippen LogP contribution is -2.21. The average molecular weight is 395 g/mol. The first-order valence-electron chi connectivity index (χ1n) is 8.62. The third-order valence-electron chi connectivity index (χ3n) is 3.76. The molecule has 1 N–H and O–H groups in total. The molecule has 0 aliphatic rings. The summed E-state index contributed by atoms with van der Waals surface area (Å²) in [5.41, 5.74) is 1.27. The molecule has 0 aromatic heterocycles. The van der Waals surface area contributed by atoms with E-state index in [1.54, 1.807) is 6.07 Å². The average Bonchev–Trinajstić information content (AvgIpc) is 2.70. The number of nitrogens with one attached hydrogen (secondary N) is 1. The SMILES string of the molecule is O=C(COC(=O)Cc1ccc(F)cc1)Nc1ccccc1Sc1ccccc1. The van der Waals surface area contributed by atoms with Gasteiger partial charge in [-0.1, -0.05) is 54.2 Å². The van der Waals surface area contributed by atoms with Gasteiger partial charge in [-0.2, -0.15) is 0 Å². The first-order valence-corrected chi connectivity index (χ1v) is 9.43. The van der Waals surface area contributed by atoms with Gasteiger partial charge in [-0.3, -0.25) is 9.59 Å². The Morgan fingerprint density at radius 2 is 1.57 bits per heavy atom. The number of carbonyl (C=O) groups excluding carboxylic acids is 2. The molecule has 6 heteroatoms. The molecule has 0 aliphatic carbocycles. The summed E-state index contributed by atoms with van der Waals surface area (Å²) in [4.78, 5) is 26.0. The van der Waals surface area contributed by atoms with E-state index in [1.165, 1.54) is 36.0 Å². The highest BCUT2D eigenvalue weighted by Crippen LogP contribution is 2.33. The minimum Gasteiger partial charge on any atom is -0.455 e. The number of esters is 1. The smallest absolute Gasteiger partial charge is 0.310 e. The maximum absolute atomic E-state index is 12.9. The Morgan fingerprint density at radius 3 is 2.32 bits per heavy atom. The van der Waals surface area contributed by atoms with E-state index in [-0.39, 0.29) is 18.8 Å². The fourth-order valence-electron chi connectivity index (χ4n) is 2.43. The van der Waals surface area contributed by atoms with Crippen LogP contribution in [0.1, 0.15) is 5.56 Å². The highest BCUT2D eigenvalue weighted by molar-refractivity contribution is 7.99. The second kappa shape index (κ2) is 9.71. The van der Waals surface area contributed by atoms with Crippen molar-refractivity contribution in [2.24, 2.45) is 0 Å². The van der Waals surface area contributed by atoms with Gasteiger partial charge in [0.2, 0.25) is 0 Å². The highest BCUT2D eigenvalue weighted by Gasteiger charge is 2.11. The normalized spacial score (nSPS) is 10.3. The zero-order chi connectivity index (χ0) is 19.8. The van der Waals surface area contributed by atoms with Crippen LogP contribution in [-0.2, 0) is 20.7 Å². The van der Waals surface area contributed by atoms with Gasteiger partial charge in [-0.25, -0.2) is 4.39 Å². The van der Waals surface area contributed by atoms with Crippen LogP contribution in [0.2, 0.25) is 0 Å². The molecular weight excluding hydrogens is 377 g/mol. The molecule has 28 heavy (non-hydrogen) atoms. The van der Waals surface area contributed by atoms with Crippen molar-refractivity contribution >= 4 is 29.3 Å². The number of carbonyl (C=O) groups is 2. The number of ether oxygens (including phenoxy) is 1. The van der Waals surface area contributed by atoms with Crippen LogP contribution in [-0.4, -0.2) is 18.5 Å². The van der Waals surface area contributed by atoms with Crippen molar-refractivity contribution in [3.8, 4) is 0 Å². The predicted molar refractivity (Wildman–Crippen MR) is 107 cm³/mol. The molecule has 0 saturated carbocycles. The minimum absolute atomic E-state index is 0.0198. The van der Waals surface area contributed by atoms with Crippen molar-refractivity contribution < 1.29 is 18.7 Å². The molecule has 142 valence electrons. The summed E-state index contributed by atoms with van der Waals surface area (Å²) in [5.74, 6) is -1.34. The lowest BCUT2D eigenvalue weighted by Gasteiger charge is -2.11. The predicted octanol–water partition coefficient (Wildman–Crippen LogP) is 4.70. The van der Waals surface area contributed by atoms with Crippen LogP contribution in [0.3, 0.4) is 0 Å². The first-order chi connectivity index (χ1) is 13.6. The van der Waals surface area contributed by atoms with Gasteiger partial charge in [0.05, 0.1) is 12.1 Å². The van der Waals surface area contributed by atoms with Crippen molar-refractivity contribution in [3.05, 3.63) is 90.2 Å². The minimum atomic E-state index is -0.547. The van der Waals surface area contributed by atoms with E-state index in [9.17, 15) is 14.0 Å². The number of anilines is 1. The van der Waals surface area contributed by atoms with E-state index >= 15 is 0 Å². The third-order valence-corrected chi connectivity index (χ3v) is 4.84. The van der Waals surface area contributed by atoms with Crippen LogP contribution in [0.15, 0.2) is 88.7 Å². The molecule has 0 bridgehead atoms. The monoisotopic (exact) mass is 395 g/mol. The Morgan fingerprint density at radius 1 is 0.893 bits per heavy atom. The Balaban J connectivity index is 1.53. The molecule has 4 nitrogen and oxygen atoms in total. The number of rotatable bonds is 7. The van der Waals surface area contributed by atoms with Crippen molar-refractivity contribution in [2.45, 2.75) is 16.2 Å². The summed E-state index contributed by atoms with van der Waals surface area (Å²) >= 11 is 1.53. The van der Waals surface area contributed by atoms with Crippen LogP contribution in [0.4, 0.5) is 10.1 Å². The zero-order valence-corrected chi connectivity index (χ0v) is 15.7. The summed E-state index contributed by atoms with van der Waals surface area (Å²) in [6, 6.07) is 22.8. The molecule has 0 radical (unpaired) electrons. The molecule has 3 aromatic rings. The molecule has 0 fully saturated rings. The first kappa shape index (κ1) is 19.6. The van der Waals surface area contributed by atoms with Crippen LogP contribution < -0.4 is 5.32 Å². The number of hydrogen-bond acceptors (Lipinski definition) is 4. The van der Waals surface area contributed by atoms with E-state index in [4.69, 9.17) is 4.74 Å². The summed E-state index contributed by atoms with van der Waals surface area (Å²) < 4.78 is 17.9. The van der Waals surface area contributed by atoms with E-state index < -0.39 is 11.9 Å². The molecule has 3 rings (SSSR count). The standard InChI is InChI=1S/C22H18FNO3S/c23-17-12-10-16(11-13-17)14-22(26)27-15-21(25)24-19-8-4-5-9-20(19)28-18-6-2-1-3-7-18/h1-13H,14-15H2,(H,24,25). The molecular formula is C22H18FNO3S. The molecule has 0 saturated heterocycles. The fraction of sp³-hybridized carbons (Fsp3) is 0.0909. The van der Waals surface area contributed by atoms with Gasteiger partial charge < -0.3 is 10.1 Å². The second-order valence-electron chi connectivity index (χ2n) is 5.92. The summed E-state index contributed by atoms with van der Waals surface area (Å²) in [5, 5.41) is 2.77. The van der Waals surface area contributed by atoms with Crippen LogP contribution in [0.5, 0.6) is 0 Å². The van der Waals surface area contributed by atoms with Gasteiger partial charge in [0.15, 0.2) is 6.61 Å². The molecule has 0 aliphatic heterocycles. The topological polar surface area (TPSA) is 55.4 Å². The van der Waals surface area contributed by atoms with E-state index in [2.05, 4.69) is 5.32 Å². The van der Waals surface area contributed by atoms with Gasteiger partial charge in [0.1, 0.15) is 5.82 Å². The lowest BCUT2D eigenvalue weighted by atomic mass is 10.1. The molecule has 3 aromatic carbocycles. The van der Waals surface area contributed by atoms with Gasteiger partial charge in [0.25, 0.3) is 5.91 Å². The number of amides is 1. The summed E-state index contributed by atoms with van der Waals surface area (Å²) in [6.07, 6.45) is -0.0198.